The van der Waals surface area contributed by atoms with E-state index in [9.17, 15) is 13.2 Å². The van der Waals surface area contributed by atoms with Crippen molar-refractivity contribution in [3.05, 3.63) is 35.4 Å². The normalized spacial score (nSPS) is 19.4. The second kappa shape index (κ2) is 8.84. The first-order chi connectivity index (χ1) is 11.9. The van der Waals surface area contributed by atoms with Crippen LogP contribution in [0.2, 0.25) is 0 Å². The molecule has 8 heteroatoms. The molecule has 0 saturated carbocycles. The molecule has 1 amide bonds. The van der Waals surface area contributed by atoms with Gasteiger partial charge in [0.25, 0.3) is 5.91 Å². The smallest absolute Gasteiger partial charge is 0.251 e. The lowest BCUT2D eigenvalue weighted by molar-refractivity contribution is 0.0956. The van der Waals surface area contributed by atoms with Crippen molar-refractivity contribution in [1.29, 1.82) is 0 Å². The summed E-state index contributed by atoms with van der Waals surface area (Å²) in [7, 11) is -2.92. The maximum atomic E-state index is 11.7. The van der Waals surface area contributed by atoms with Gasteiger partial charge in [0.2, 0.25) is 0 Å². The fourth-order valence-electron chi connectivity index (χ4n) is 2.62. The SMILES string of the molecule is CCNC(=O)c1ccc(CN=C(NCC)NC2CCS(=O)(=O)C2)cc1. The third-order valence-electron chi connectivity index (χ3n) is 3.89. The van der Waals surface area contributed by atoms with Gasteiger partial charge >= 0.3 is 0 Å². The van der Waals surface area contributed by atoms with Gasteiger partial charge in [-0.25, -0.2) is 13.4 Å². The molecule has 0 aliphatic carbocycles. The van der Waals surface area contributed by atoms with E-state index in [4.69, 9.17) is 0 Å². The van der Waals surface area contributed by atoms with E-state index in [1.807, 2.05) is 26.0 Å². The van der Waals surface area contributed by atoms with E-state index in [1.165, 1.54) is 0 Å². The number of carbonyl (C=O) groups excluding carboxylic acids is 1. The second-order valence-corrected chi connectivity index (χ2v) is 8.22. The molecule has 25 heavy (non-hydrogen) atoms. The van der Waals surface area contributed by atoms with Gasteiger partial charge in [-0.05, 0) is 38.0 Å². The minimum atomic E-state index is -2.92. The molecule has 7 nitrogen and oxygen atoms in total. The summed E-state index contributed by atoms with van der Waals surface area (Å²) in [5.74, 6) is 0.900. The van der Waals surface area contributed by atoms with Crippen LogP contribution in [0.5, 0.6) is 0 Å². The largest absolute Gasteiger partial charge is 0.357 e. The van der Waals surface area contributed by atoms with Crippen molar-refractivity contribution in [2.45, 2.75) is 32.9 Å². The maximum Gasteiger partial charge on any atom is 0.251 e. The lowest BCUT2D eigenvalue weighted by Crippen LogP contribution is -2.44. The quantitative estimate of drug-likeness (QED) is 0.508. The Bertz CT molecular complexity index is 714. The topological polar surface area (TPSA) is 99.7 Å². The minimum absolute atomic E-state index is 0.0880. The fraction of sp³-hybridized carbons (Fsp3) is 0.529. The van der Waals surface area contributed by atoms with Gasteiger partial charge in [-0.1, -0.05) is 12.1 Å². The average molecular weight is 366 g/mol. The number of nitrogens with zero attached hydrogens (tertiary/aromatic N) is 1. The Hall–Kier alpha value is -2.09. The number of benzene rings is 1. The highest BCUT2D eigenvalue weighted by Gasteiger charge is 2.28. The van der Waals surface area contributed by atoms with Crippen LogP contribution < -0.4 is 16.0 Å². The van der Waals surface area contributed by atoms with Crippen molar-refractivity contribution >= 4 is 21.7 Å². The predicted molar refractivity (Wildman–Crippen MR) is 99.5 cm³/mol. The number of sulfone groups is 1. The van der Waals surface area contributed by atoms with E-state index >= 15 is 0 Å². The van der Waals surface area contributed by atoms with E-state index in [1.54, 1.807) is 12.1 Å². The van der Waals surface area contributed by atoms with Crippen LogP contribution in [0, 0.1) is 0 Å². The summed E-state index contributed by atoms with van der Waals surface area (Å²) in [4.78, 5) is 16.3. The van der Waals surface area contributed by atoms with Gasteiger partial charge < -0.3 is 16.0 Å². The molecule has 1 aromatic carbocycles. The lowest BCUT2D eigenvalue weighted by atomic mass is 10.1. The van der Waals surface area contributed by atoms with Crippen LogP contribution in [0.15, 0.2) is 29.3 Å². The van der Waals surface area contributed by atoms with E-state index in [-0.39, 0.29) is 23.5 Å². The van der Waals surface area contributed by atoms with Crippen LogP contribution in [0.1, 0.15) is 36.2 Å². The third kappa shape index (κ3) is 6.04. The van der Waals surface area contributed by atoms with Crippen LogP contribution in [-0.2, 0) is 16.4 Å². The van der Waals surface area contributed by atoms with Crippen LogP contribution in [-0.4, -0.2) is 50.9 Å². The highest BCUT2D eigenvalue weighted by molar-refractivity contribution is 7.91. The summed E-state index contributed by atoms with van der Waals surface area (Å²) in [6.07, 6.45) is 0.605. The number of aliphatic imine (C=N–C) groups is 1. The molecule has 1 unspecified atom stereocenters. The molecule has 0 spiro atoms. The molecule has 1 heterocycles. The molecule has 1 aliphatic heterocycles. The molecular formula is C17H26N4O3S. The standard InChI is InChI=1S/C17H26N4O3S/c1-3-18-16(22)14-7-5-13(6-8-14)11-20-17(19-4-2)21-15-9-10-25(23,24)12-15/h5-8,15H,3-4,9-12H2,1-2H3,(H,18,22)(H2,19,20,21). The molecule has 1 aromatic rings. The molecule has 0 bridgehead atoms. The second-order valence-electron chi connectivity index (χ2n) is 6.00. The summed E-state index contributed by atoms with van der Waals surface area (Å²) < 4.78 is 23.1. The zero-order valence-electron chi connectivity index (χ0n) is 14.7. The Morgan fingerprint density at radius 2 is 1.84 bits per heavy atom. The first-order valence-corrected chi connectivity index (χ1v) is 10.4. The molecule has 3 N–H and O–H groups in total. The van der Waals surface area contributed by atoms with Gasteiger partial charge in [0, 0.05) is 24.7 Å². The van der Waals surface area contributed by atoms with E-state index < -0.39 is 9.84 Å². The molecule has 138 valence electrons. The van der Waals surface area contributed by atoms with Crippen molar-refractivity contribution in [1.82, 2.24) is 16.0 Å². The Balaban J connectivity index is 1.97. The lowest BCUT2D eigenvalue weighted by Gasteiger charge is -2.15. The average Bonchev–Trinajstić information content (AvgIpc) is 2.92. The molecule has 2 rings (SSSR count). The number of hydrogen-bond acceptors (Lipinski definition) is 4. The van der Waals surface area contributed by atoms with E-state index in [0.717, 1.165) is 5.56 Å². The van der Waals surface area contributed by atoms with E-state index in [0.29, 0.717) is 37.6 Å². The van der Waals surface area contributed by atoms with Crippen molar-refractivity contribution in [2.75, 3.05) is 24.6 Å². The van der Waals surface area contributed by atoms with Gasteiger partial charge in [0.05, 0.1) is 18.1 Å². The van der Waals surface area contributed by atoms with Crippen molar-refractivity contribution < 1.29 is 13.2 Å². The monoisotopic (exact) mass is 366 g/mol. The fourth-order valence-corrected chi connectivity index (χ4v) is 4.29. The van der Waals surface area contributed by atoms with Crippen LogP contribution in [0.25, 0.3) is 0 Å². The van der Waals surface area contributed by atoms with Gasteiger partial charge in [-0.3, -0.25) is 4.79 Å². The van der Waals surface area contributed by atoms with Gasteiger partial charge in [0.1, 0.15) is 0 Å². The number of nitrogens with one attached hydrogen (secondary N) is 3. The summed E-state index contributed by atoms with van der Waals surface area (Å²) in [5, 5.41) is 9.08. The summed E-state index contributed by atoms with van der Waals surface area (Å²) in [6.45, 7) is 5.58. The molecule has 1 aliphatic rings. The van der Waals surface area contributed by atoms with Crippen LogP contribution in [0.3, 0.4) is 0 Å². The van der Waals surface area contributed by atoms with Crippen molar-refractivity contribution in [3.63, 3.8) is 0 Å². The Labute approximate surface area is 149 Å². The summed E-state index contributed by atoms with van der Waals surface area (Å²) in [6, 6.07) is 7.21. The number of carbonyl (C=O) groups is 1. The minimum Gasteiger partial charge on any atom is -0.357 e. The van der Waals surface area contributed by atoms with Crippen molar-refractivity contribution in [3.8, 4) is 0 Å². The number of hydrogen-bond donors (Lipinski definition) is 3. The molecular weight excluding hydrogens is 340 g/mol. The zero-order valence-corrected chi connectivity index (χ0v) is 15.5. The predicted octanol–water partition coefficient (Wildman–Crippen LogP) is 0.679. The highest BCUT2D eigenvalue weighted by Crippen LogP contribution is 2.11. The van der Waals surface area contributed by atoms with Crippen molar-refractivity contribution in [2.24, 2.45) is 4.99 Å². The Morgan fingerprint density at radius 3 is 2.40 bits per heavy atom. The molecule has 0 aromatic heterocycles. The zero-order chi connectivity index (χ0) is 18.3. The molecule has 1 fully saturated rings. The highest BCUT2D eigenvalue weighted by atomic mass is 32.2. The first kappa shape index (κ1) is 19.2. The molecule has 0 radical (unpaired) electrons. The Kier molecular flexibility index (Phi) is 6.81. The van der Waals surface area contributed by atoms with Gasteiger partial charge in [-0.15, -0.1) is 0 Å². The van der Waals surface area contributed by atoms with Gasteiger partial charge in [0.15, 0.2) is 15.8 Å². The van der Waals surface area contributed by atoms with Crippen LogP contribution >= 0.6 is 0 Å². The number of rotatable bonds is 6. The Morgan fingerprint density at radius 1 is 1.16 bits per heavy atom. The maximum absolute atomic E-state index is 11.7. The van der Waals surface area contributed by atoms with Crippen LogP contribution in [0.4, 0.5) is 0 Å². The third-order valence-corrected chi connectivity index (χ3v) is 5.66. The number of guanidine groups is 1. The number of amides is 1. The van der Waals surface area contributed by atoms with Gasteiger partial charge in [-0.2, -0.15) is 0 Å². The van der Waals surface area contributed by atoms with E-state index in [2.05, 4.69) is 20.9 Å². The molecule has 1 saturated heterocycles. The summed E-state index contributed by atoms with van der Waals surface area (Å²) in [5.41, 5.74) is 1.60. The first-order valence-electron chi connectivity index (χ1n) is 8.56. The molecule has 1 atom stereocenters. The summed E-state index contributed by atoms with van der Waals surface area (Å²) >= 11 is 0.